The standard InChI is InChI=1S/C20H29NO3/c1-12-16(19(23)24-4)17(13-8-6-5-7-9-13)18-14(21-12)10-20(2,3)11-15(18)22/h13,17,21H,5-11H2,1-4H3. The number of ether oxygens (including phenoxy) is 1. The summed E-state index contributed by atoms with van der Waals surface area (Å²) in [5.41, 5.74) is 3.42. The Balaban J connectivity index is 2.07. The number of esters is 1. The number of hydrogen-bond donors (Lipinski definition) is 1. The SMILES string of the molecule is COC(=O)C1=C(C)NC2=C(C(=O)CC(C)(C)C2)C1C1CCCCC1. The Morgan fingerprint density at radius 1 is 1.17 bits per heavy atom. The van der Waals surface area contributed by atoms with Gasteiger partial charge in [-0.3, -0.25) is 4.79 Å². The topological polar surface area (TPSA) is 55.4 Å². The van der Waals surface area contributed by atoms with Gasteiger partial charge in [0.25, 0.3) is 0 Å². The predicted molar refractivity (Wildman–Crippen MR) is 93.0 cm³/mol. The van der Waals surface area contributed by atoms with Crippen molar-refractivity contribution in [2.45, 2.75) is 65.7 Å². The molecule has 1 atom stereocenters. The summed E-state index contributed by atoms with van der Waals surface area (Å²) in [7, 11) is 1.43. The smallest absolute Gasteiger partial charge is 0.336 e. The van der Waals surface area contributed by atoms with Crippen LogP contribution in [-0.2, 0) is 14.3 Å². The van der Waals surface area contributed by atoms with E-state index < -0.39 is 0 Å². The molecule has 3 aliphatic rings. The van der Waals surface area contributed by atoms with Crippen LogP contribution < -0.4 is 5.32 Å². The quantitative estimate of drug-likeness (QED) is 0.780. The van der Waals surface area contributed by atoms with Crippen LogP contribution in [0, 0.1) is 17.3 Å². The lowest BCUT2D eigenvalue weighted by Crippen LogP contribution is -2.42. The molecule has 2 aliphatic carbocycles. The summed E-state index contributed by atoms with van der Waals surface area (Å²) < 4.78 is 5.07. The van der Waals surface area contributed by atoms with Crippen LogP contribution in [0.3, 0.4) is 0 Å². The Morgan fingerprint density at radius 3 is 2.46 bits per heavy atom. The van der Waals surface area contributed by atoms with E-state index in [1.165, 1.54) is 26.4 Å². The molecule has 24 heavy (non-hydrogen) atoms. The molecule has 1 unspecified atom stereocenters. The van der Waals surface area contributed by atoms with E-state index in [-0.39, 0.29) is 23.1 Å². The van der Waals surface area contributed by atoms with Crippen LogP contribution in [0.2, 0.25) is 0 Å². The summed E-state index contributed by atoms with van der Waals surface area (Å²) in [4.78, 5) is 25.5. The van der Waals surface area contributed by atoms with Crippen LogP contribution in [0.25, 0.3) is 0 Å². The maximum atomic E-state index is 13.0. The number of ketones is 1. The fourth-order valence-corrected chi connectivity index (χ4v) is 4.81. The van der Waals surface area contributed by atoms with Gasteiger partial charge in [0.05, 0.1) is 12.7 Å². The maximum Gasteiger partial charge on any atom is 0.336 e. The second-order valence-electron chi connectivity index (χ2n) is 8.36. The number of Topliss-reactive ketones (excluding diaryl/α,β-unsaturated/α-hetero) is 1. The Labute approximate surface area is 144 Å². The molecule has 4 heteroatoms. The number of rotatable bonds is 2. The molecule has 0 aromatic rings. The lowest BCUT2D eigenvalue weighted by molar-refractivity contribution is -0.137. The van der Waals surface area contributed by atoms with Crippen molar-refractivity contribution in [2.75, 3.05) is 7.11 Å². The first-order chi connectivity index (χ1) is 11.3. The van der Waals surface area contributed by atoms with Crippen molar-refractivity contribution < 1.29 is 14.3 Å². The van der Waals surface area contributed by atoms with Crippen molar-refractivity contribution in [2.24, 2.45) is 17.3 Å². The highest BCUT2D eigenvalue weighted by Gasteiger charge is 2.45. The first kappa shape index (κ1) is 17.2. The van der Waals surface area contributed by atoms with Crippen LogP contribution in [0.4, 0.5) is 0 Å². The summed E-state index contributed by atoms with van der Waals surface area (Å²) >= 11 is 0. The number of allylic oxidation sites excluding steroid dienone is 3. The Kier molecular flexibility index (Phi) is 4.58. The van der Waals surface area contributed by atoms with E-state index in [1.807, 2.05) is 6.92 Å². The van der Waals surface area contributed by atoms with Gasteiger partial charge in [0, 0.05) is 29.3 Å². The van der Waals surface area contributed by atoms with Gasteiger partial charge in [-0.05, 0) is 37.5 Å². The van der Waals surface area contributed by atoms with E-state index in [4.69, 9.17) is 4.74 Å². The van der Waals surface area contributed by atoms with Gasteiger partial charge in [-0.2, -0.15) is 0 Å². The number of carbonyl (C=O) groups is 2. The van der Waals surface area contributed by atoms with Gasteiger partial charge in [-0.15, -0.1) is 0 Å². The molecule has 3 rings (SSSR count). The molecule has 1 N–H and O–H groups in total. The molecule has 1 heterocycles. The molecule has 0 saturated heterocycles. The molecule has 0 aromatic carbocycles. The number of hydrogen-bond acceptors (Lipinski definition) is 4. The molecule has 0 aromatic heterocycles. The van der Waals surface area contributed by atoms with Gasteiger partial charge >= 0.3 is 5.97 Å². The Bertz CT molecular complexity index is 621. The molecular weight excluding hydrogens is 302 g/mol. The van der Waals surface area contributed by atoms with Crippen LogP contribution >= 0.6 is 0 Å². The second-order valence-corrected chi connectivity index (χ2v) is 8.36. The zero-order valence-corrected chi connectivity index (χ0v) is 15.3. The van der Waals surface area contributed by atoms with Gasteiger partial charge < -0.3 is 10.1 Å². The average molecular weight is 331 g/mol. The summed E-state index contributed by atoms with van der Waals surface area (Å²) in [6.45, 7) is 6.22. The van der Waals surface area contributed by atoms with Gasteiger partial charge in [0.1, 0.15) is 0 Å². The summed E-state index contributed by atoms with van der Waals surface area (Å²) in [6.07, 6.45) is 7.23. The molecule has 4 nitrogen and oxygen atoms in total. The van der Waals surface area contributed by atoms with E-state index in [9.17, 15) is 9.59 Å². The monoisotopic (exact) mass is 331 g/mol. The zero-order valence-electron chi connectivity index (χ0n) is 15.3. The number of methoxy groups -OCH3 is 1. The summed E-state index contributed by atoms with van der Waals surface area (Å²) in [5, 5.41) is 3.38. The minimum atomic E-state index is -0.292. The van der Waals surface area contributed by atoms with Gasteiger partial charge in [0.2, 0.25) is 0 Å². The molecule has 0 bridgehead atoms. The Hall–Kier alpha value is -1.58. The molecule has 0 radical (unpaired) electrons. The maximum absolute atomic E-state index is 13.0. The lowest BCUT2D eigenvalue weighted by Gasteiger charge is -2.42. The molecule has 1 fully saturated rings. The van der Waals surface area contributed by atoms with Crippen molar-refractivity contribution in [1.82, 2.24) is 5.32 Å². The lowest BCUT2D eigenvalue weighted by atomic mass is 9.65. The fraction of sp³-hybridized carbons (Fsp3) is 0.700. The van der Waals surface area contributed by atoms with Crippen molar-refractivity contribution in [3.05, 3.63) is 22.5 Å². The van der Waals surface area contributed by atoms with Crippen molar-refractivity contribution in [3.63, 3.8) is 0 Å². The first-order valence-corrected chi connectivity index (χ1v) is 9.16. The van der Waals surface area contributed by atoms with Gasteiger partial charge in [-0.1, -0.05) is 33.1 Å². The van der Waals surface area contributed by atoms with E-state index in [0.29, 0.717) is 17.9 Å². The highest BCUT2D eigenvalue weighted by atomic mass is 16.5. The van der Waals surface area contributed by atoms with Crippen LogP contribution in [0.1, 0.15) is 65.7 Å². The van der Waals surface area contributed by atoms with Gasteiger partial charge in [-0.25, -0.2) is 4.79 Å². The zero-order chi connectivity index (χ0) is 17.5. The molecule has 0 spiro atoms. The molecular formula is C20H29NO3. The minimum Gasteiger partial charge on any atom is -0.466 e. The largest absolute Gasteiger partial charge is 0.466 e. The number of dihydropyridines is 1. The van der Waals surface area contributed by atoms with E-state index >= 15 is 0 Å². The molecule has 132 valence electrons. The molecule has 1 aliphatic heterocycles. The molecule has 0 amide bonds. The highest BCUT2D eigenvalue weighted by Crippen LogP contribution is 2.48. The third-order valence-corrected chi connectivity index (χ3v) is 5.81. The fourth-order valence-electron chi connectivity index (χ4n) is 4.81. The summed E-state index contributed by atoms with van der Waals surface area (Å²) in [6, 6.07) is 0. The first-order valence-electron chi connectivity index (χ1n) is 9.16. The van der Waals surface area contributed by atoms with Crippen LogP contribution in [0.5, 0.6) is 0 Å². The van der Waals surface area contributed by atoms with Crippen molar-refractivity contribution in [1.29, 1.82) is 0 Å². The number of nitrogens with one attached hydrogen (secondary N) is 1. The van der Waals surface area contributed by atoms with Crippen molar-refractivity contribution in [3.8, 4) is 0 Å². The summed E-state index contributed by atoms with van der Waals surface area (Å²) in [5.74, 6) is 0.204. The van der Waals surface area contributed by atoms with E-state index in [1.54, 1.807) is 0 Å². The highest BCUT2D eigenvalue weighted by molar-refractivity contribution is 6.02. The number of carbonyl (C=O) groups excluding carboxylic acids is 2. The van der Waals surface area contributed by atoms with Crippen LogP contribution in [0.15, 0.2) is 22.5 Å². The normalized spacial score (nSPS) is 27.7. The van der Waals surface area contributed by atoms with Crippen molar-refractivity contribution >= 4 is 11.8 Å². The van der Waals surface area contributed by atoms with E-state index in [2.05, 4.69) is 19.2 Å². The predicted octanol–water partition coefficient (Wildman–Crippen LogP) is 3.88. The molecule has 1 saturated carbocycles. The third kappa shape index (κ3) is 3.03. The van der Waals surface area contributed by atoms with Gasteiger partial charge in [0.15, 0.2) is 5.78 Å². The minimum absolute atomic E-state index is 0.0247. The second kappa shape index (κ2) is 6.38. The average Bonchev–Trinajstić information content (AvgIpc) is 2.52. The third-order valence-electron chi connectivity index (χ3n) is 5.81. The van der Waals surface area contributed by atoms with E-state index in [0.717, 1.165) is 36.2 Å². The van der Waals surface area contributed by atoms with Crippen LogP contribution in [-0.4, -0.2) is 18.9 Å². The Morgan fingerprint density at radius 2 is 1.83 bits per heavy atom.